The Labute approximate surface area is 123 Å². The summed E-state index contributed by atoms with van der Waals surface area (Å²) in [5.74, 6) is -0.329. The van der Waals surface area contributed by atoms with Crippen LogP contribution in [0, 0.1) is 10.1 Å². The molecule has 8 nitrogen and oxygen atoms in total. The van der Waals surface area contributed by atoms with E-state index in [1.807, 2.05) is 6.92 Å². The molecule has 0 aliphatic carbocycles. The fraction of sp³-hybridized carbons (Fsp3) is 0.250. The van der Waals surface area contributed by atoms with Gasteiger partial charge >= 0.3 is 5.97 Å². The van der Waals surface area contributed by atoms with Crippen molar-refractivity contribution in [3.8, 4) is 0 Å². The zero-order valence-corrected chi connectivity index (χ0v) is 11.7. The third kappa shape index (κ3) is 3.54. The lowest BCUT2D eigenvalue weighted by atomic mass is 10.2. The molecule has 0 spiro atoms. The van der Waals surface area contributed by atoms with E-state index in [0.29, 0.717) is 12.3 Å². The number of nitrogens with zero attached hydrogens (tertiary/aromatic N) is 3. The maximum Gasteiger partial charge on any atom is 0.345 e. The molecule has 0 N–H and O–H groups in total. The predicted octanol–water partition coefficient (Wildman–Crippen LogP) is 2.55. The first kappa shape index (κ1) is 14.9. The van der Waals surface area contributed by atoms with E-state index in [0.717, 1.165) is 6.07 Å². The monoisotopic (exact) mass is 311 g/mol. The molecule has 0 amide bonds. The summed E-state index contributed by atoms with van der Waals surface area (Å²) < 4.78 is 10.1. The van der Waals surface area contributed by atoms with Crippen LogP contribution in [-0.4, -0.2) is 21.1 Å². The van der Waals surface area contributed by atoms with Gasteiger partial charge in [-0.15, -0.1) is 10.2 Å². The van der Waals surface area contributed by atoms with Crippen LogP contribution in [0.1, 0.15) is 29.1 Å². The molecular weight excluding hydrogens is 302 g/mol. The smallest absolute Gasteiger partial charge is 0.345 e. The van der Waals surface area contributed by atoms with Gasteiger partial charge in [0.25, 0.3) is 11.6 Å². The molecule has 21 heavy (non-hydrogen) atoms. The Morgan fingerprint density at radius 1 is 1.43 bits per heavy atom. The van der Waals surface area contributed by atoms with Crippen molar-refractivity contribution in [3.63, 3.8) is 0 Å². The third-order valence-corrected chi connectivity index (χ3v) is 2.75. The minimum Gasteiger partial charge on any atom is -0.452 e. The molecule has 2 rings (SSSR count). The number of aryl methyl sites for hydroxylation is 1. The summed E-state index contributed by atoms with van der Waals surface area (Å²) in [4.78, 5) is 22.1. The van der Waals surface area contributed by atoms with Crippen LogP contribution in [0.15, 0.2) is 22.6 Å². The number of aromatic nitrogens is 2. The van der Waals surface area contributed by atoms with Crippen molar-refractivity contribution in [3.05, 3.63) is 50.7 Å². The predicted molar refractivity (Wildman–Crippen MR) is 70.9 cm³/mol. The Balaban J connectivity index is 2.11. The topological polar surface area (TPSA) is 108 Å². The van der Waals surface area contributed by atoms with E-state index in [1.54, 1.807) is 0 Å². The van der Waals surface area contributed by atoms with E-state index < -0.39 is 16.6 Å². The number of rotatable bonds is 5. The van der Waals surface area contributed by atoms with E-state index in [9.17, 15) is 14.9 Å². The third-order valence-electron chi connectivity index (χ3n) is 2.51. The molecule has 0 bridgehead atoms. The Bertz CT molecular complexity index is 685. The van der Waals surface area contributed by atoms with Crippen molar-refractivity contribution in [2.75, 3.05) is 0 Å². The number of halogens is 1. The number of benzene rings is 1. The molecule has 0 saturated carbocycles. The van der Waals surface area contributed by atoms with Gasteiger partial charge in [0, 0.05) is 17.5 Å². The zero-order chi connectivity index (χ0) is 15.4. The van der Waals surface area contributed by atoms with Gasteiger partial charge in [0.05, 0.1) is 4.92 Å². The molecule has 0 radical (unpaired) electrons. The highest BCUT2D eigenvalue weighted by Gasteiger charge is 2.22. The van der Waals surface area contributed by atoms with Gasteiger partial charge in [-0.1, -0.05) is 18.5 Å². The van der Waals surface area contributed by atoms with Crippen molar-refractivity contribution < 1.29 is 18.9 Å². The SMILES string of the molecule is CCc1nnc(COC(=O)c2ccc(Cl)cc2[N+](=O)[O-])o1. The van der Waals surface area contributed by atoms with Crippen LogP contribution in [0.25, 0.3) is 0 Å². The van der Waals surface area contributed by atoms with Gasteiger partial charge in [-0.05, 0) is 12.1 Å². The van der Waals surface area contributed by atoms with E-state index in [4.69, 9.17) is 20.8 Å². The first-order valence-corrected chi connectivity index (χ1v) is 6.31. The molecule has 0 fully saturated rings. The summed E-state index contributed by atoms with van der Waals surface area (Å²) in [5.41, 5.74) is -0.619. The van der Waals surface area contributed by atoms with E-state index in [-0.39, 0.29) is 23.1 Å². The van der Waals surface area contributed by atoms with Gasteiger partial charge in [0.15, 0.2) is 6.61 Å². The van der Waals surface area contributed by atoms with Gasteiger partial charge < -0.3 is 9.15 Å². The number of nitro benzene ring substituents is 1. The van der Waals surface area contributed by atoms with E-state index in [1.165, 1.54) is 12.1 Å². The molecule has 0 unspecified atom stereocenters. The Morgan fingerprint density at radius 3 is 2.76 bits per heavy atom. The second kappa shape index (κ2) is 6.31. The lowest BCUT2D eigenvalue weighted by Crippen LogP contribution is -2.08. The highest BCUT2D eigenvalue weighted by Crippen LogP contribution is 2.24. The van der Waals surface area contributed by atoms with Crippen LogP contribution in [0.4, 0.5) is 5.69 Å². The van der Waals surface area contributed by atoms with Crippen molar-refractivity contribution in [1.82, 2.24) is 10.2 Å². The van der Waals surface area contributed by atoms with Gasteiger partial charge in [-0.25, -0.2) is 4.79 Å². The minimum absolute atomic E-state index is 0.122. The number of ether oxygens (including phenoxy) is 1. The number of hydrogen-bond acceptors (Lipinski definition) is 7. The first-order valence-electron chi connectivity index (χ1n) is 5.93. The van der Waals surface area contributed by atoms with Crippen LogP contribution in [0.3, 0.4) is 0 Å². The second-order valence-electron chi connectivity index (χ2n) is 3.94. The lowest BCUT2D eigenvalue weighted by Gasteiger charge is -2.03. The summed E-state index contributed by atoms with van der Waals surface area (Å²) in [7, 11) is 0. The molecule has 0 saturated heterocycles. The second-order valence-corrected chi connectivity index (χ2v) is 4.37. The van der Waals surface area contributed by atoms with Gasteiger partial charge in [0.1, 0.15) is 5.56 Å². The summed E-state index contributed by atoms with van der Waals surface area (Å²) in [5, 5.41) is 18.4. The molecule has 1 heterocycles. The number of hydrogen-bond donors (Lipinski definition) is 0. The zero-order valence-electron chi connectivity index (χ0n) is 10.9. The molecule has 1 aromatic heterocycles. The number of nitro groups is 1. The van der Waals surface area contributed by atoms with Crippen LogP contribution in [0.2, 0.25) is 5.02 Å². The molecule has 110 valence electrons. The van der Waals surface area contributed by atoms with Gasteiger partial charge in [0.2, 0.25) is 5.89 Å². The molecular formula is C12H10ClN3O5. The van der Waals surface area contributed by atoms with E-state index in [2.05, 4.69) is 10.2 Å². The molecule has 1 aromatic carbocycles. The van der Waals surface area contributed by atoms with Crippen LogP contribution in [-0.2, 0) is 17.8 Å². The van der Waals surface area contributed by atoms with E-state index >= 15 is 0 Å². The Hall–Kier alpha value is -2.48. The summed E-state index contributed by atoms with van der Waals surface area (Å²) in [6.07, 6.45) is 0.559. The molecule has 2 aromatic rings. The quantitative estimate of drug-likeness (QED) is 0.474. The average Bonchev–Trinajstić information content (AvgIpc) is 2.92. The van der Waals surface area contributed by atoms with Gasteiger partial charge in [-0.2, -0.15) is 0 Å². The Morgan fingerprint density at radius 2 is 2.14 bits per heavy atom. The molecule has 0 aliphatic rings. The lowest BCUT2D eigenvalue weighted by molar-refractivity contribution is -0.385. The van der Waals surface area contributed by atoms with Crippen LogP contribution < -0.4 is 0 Å². The van der Waals surface area contributed by atoms with Crippen molar-refractivity contribution in [1.29, 1.82) is 0 Å². The van der Waals surface area contributed by atoms with Crippen molar-refractivity contribution >= 4 is 23.3 Å². The molecule has 0 atom stereocenters. The summed E-state index contributed by atoms with van der Waals surface area (Å²) in [6.45, 7) is 1.58. The standard InChI is InChI=1S/C12H10ClN3O5/c1-2-10-14-15-11(21-10)6-20-12(17)8-4-3-7(13)5-9(8)16(18)19/h3-5H,2,6H2,1H3. The minimum atomic E-state index is -0.866. The fourth-order valence-corrected chi connectivity index (χ4v) is 1.69. The fourth-order valence-electron chi connectivity index (χ4n) is 1.52. The Kier molecular flexibility index (Phi) is 4.49. The first-order chi connectivity index (χ1) is 10.0. The number of carbonyl (C=O) groups is 1. The molecule has 0 aliphatic heterocycles. The summed E-state index contributed by atoms with van der Waals surface area (Å²) in [6, 6.07) is 3.68. The maximum atomic E-state index is 11.9. The molecule has 9 heteroatoms. The maximum absolute atomic E-state index is 11.9. The van der Waals surface area contributed by atoms with Gasteiger partial charge in [-0.3, -0.25) is 10.1 Å². The average molecular weight is 312 g/mol. The highest BCUT2D eigenvalue weighted by molar-refractivity contribution is 6.31. The number of carbonyl (C=O) groups excluding carboxylic acids is 1. The van der Waals surface area contributed by atoms with Crippen LogP contribution in [0.5, 0.6) is 0 Å². The van der Waals surface area contributed by atoms with Crippen LogP contribution >= 0.6 is 11.6 Å². The largest absolute Gasteiger partial charge is 0.452 e. The number of esters is 1. The van der Waals surface area contributed by atoms with Crippen molar-refractivity contribution in [2.24, 2.45) is 0 Å². The highest BCUT2D eigenvalue weighted by atomic mass is 35.5. The van der Waals surface area contributed by atoms with Crippen molar-refractivity contribution in [2.45, 2.75) is 20.0 Å². The normalized spacial score (nSPS) is 10.4. The summed E-state index contributed by atoms with van der Waals surface area (Å²) >= 11 is 5.67.